The molecule has 1 aromatic carbocycles. The molecule has 1 unspecified atom stereocenters. The molecule has 1 atom stereocenters. The number of sulfonamides is 1. The Bertz CT molecular complexity index is 885. The van der Waals surface area contributed by atoms with Crippen molar-refractivity contribution in [1.29, 1.82) is 0 Å². The van der Waals surface area contributed by atoms with Gasteiger partial charge in [-0.25, -0.2) is 12.7 Å². The van der Waals surface area contributed by atoms with Gasteiger partial charge in [-0.3, -0.25) is 9.69 Å². The van der Waals surface area contributed by atoms with Gasteiger partial charge in [-0.05, 0) is 43.9 Å². The van der Waals surface area contributed by atoms with Gasteiger partial charge in [0.1, 0.15) is 0 Å². The van der Waals surface area contributed by atoms with Crippen LogP contribution in [0.1, 0.15) is 36.0 Å². The van der Waals surface area contributed by atoms with Crippen LogP contribution in [0.5, 0.6) is 0 Å². The maximum Gasteiger partial charge on any atom is 0.256 e. The number of carbonyl (C=O) groups excluding carboxylic acids is 1. The van der Waals surface area contributed by atoms with E-state index in [0.717, 1.165) is 70.7 Å². The van der Waals surface area contributed by atoms with Crippen molar-refractivity contribution in [2.24, 2.45) is 0 Å². The first-order valence-electron chi connectivity index (χ1n) is 11.3. The van der Waals surface area contributed by atoms with E-state index in [1.165, 1.54) is 18.4 Å². The molecule has 0 spiro atoms. The fraction of sp³-hybridized carbons (Fsp3) is 0.682. The van der Waals surface area contributed by atoms with Crippen molar-refractivity contribution >= 4 is 21.6 Å². The predicted molar refractivity (Wildman–Crippen MR) is 120 cm³/mol. The second kappa shape index (κ2) is 9.44. The van der Waals surface area contributed by atoms with E-state index in [1.807, 2.05) is 11.0 Å². The van der Waals surface area contributed by atoms with Gasteiger partial charge in [0, 0.05) is 72.2 Å². The van der Waals surface area contributed by atoms with Gasteiger partial charge in [-0.15, -0.1) is 0 Å². The lowest BCUT2D eigenvalue weighted by Crippen LogP contribution is -2.50. The molecule has 0 saturated carbocycles. The number of anilines is 1. The molecule has 0 aliphatic carbocycles. The summed E-state index contributed by atoms with van der Waals surface area (Å²) in [7, 11) is -0.579. The van der Waals surface area contributed by atoms with Crippen LogP contribution in [0.2, 0.25) is 0 Å². The first-order valence-corrected chi connectivity index (χ1v) is 12.7. The minimum absolute atomic E-state index is 0.0746. The third kappa shape index (κ3) is 4.89. The van der Waals surface area contributed by atoms with Crippen molar-refractivity contribution in [3.63, 3.8) is 0 Å². The van der Waals surface area contributed by atoms with E-state index in [2.05, 4.69) is 9.80 Å². The zero-order valence-corrected chi connectivity index (χ0v) is 19.4. The minimum atomic E-state index is -3.60. The lowest BCUT2D eigenvalue weighted by atomic mass is 10.1. The molecule has 3 fully saturated rings. The first kappa shape index (κ1) is 22.5. The maximum atomic E-state index is 13.5. The summed E-state index contributed by atoms with van der Waals surface area (Å²) in [5.41, 5.74) is 1.35. The molecule has 3 aliphatic heterocycles. The van der Waals surface area contributed by atoms with Crippen molar-refractivity contribution in [3.05, 3.63) is 23.8 Å². The number of carbonyl (C=O) groups is 1. The molecule has 3 aliphatic rings. The van der Waals surface area contributed by atoms with E-state index in [1.54, 1.807) is 12.1 Å². The summed E-state index contributed by atoms with van der Waals surface area (Å²) in [6, 6.07) is 5.01. The summed E-state index contributed by atoms with van der Waals surface area (Å²) in [4.78, 5) is 20.1. The SMILES string of the molecule is CN(C)S(=O)(=O)c1ccc(N2CCCC2)c(C(=O)N2CCN(CC3CCCO3)CC2)c1. The second-order valence-electron chi connectivity index (χ2n) is 8.89. The Labute approximate surface area is 185 Å². The van der Waals surface area contributed by atoms with Crippen molar-refractivity contribution in [2.45, 2.75) is 36.7 Å². The topological polar surface area (TPSA) is 73.4 Å². The maximum absolute atomic E-state index is 13.5. The monoisotopic (exact) mass is 450 g/mol. The molecule has 31 heavy (non-hydrogen) atoms. The Morgan fingerprint density at radius 1 is 1.06 bits per heavy atom. The molecule has 172 valence electrons. The molecule has 3 saturated heterocycles. The molecule has 1 amide bonds. The Kier molecular flexibility index (Phi) is 6.86. The fourth-order valence-corrected chi connectivity index (χ4v) is 5.60. The van der Waals surface area contributed by atoms with E-state index < -0.39 is 10.0 Å². The number of ether oxygens (including phenoxy) is 1. The zero-order valence-electron chi connectivity index (χ0n) is 18.6. The highest BCUT2D eigenvalue weighted by Crippen LogP contribution is 2.29. The van der Waals surface area contributed by atoms with Gasteiger partial charge < -0.3 is 14.5 Å². The number of amides is 1. The summed E-state index contributed by atoms with van der Waals surface area (Å²) in [5, 5.41) is 0. The van der Waals surface area contributed by atoms with Gasteiger partial charge in [0.15, 0.2) is 0 Å². The Balaban J connectivity index is 1.52. The Morgan fingerprint density at radius 3 is 2.39 bits per heavy atom. The number of nitrogens with zero attached hydrogens (tertiary/aromatic N) is 4. The van der Waals surface area contributed by atoms with Crippen molar-refractivity contribution in [3.8, 4) is 0 Å². The number of benzene rings is 1. The molecule has 1 aromatic rings. The highest BCUT2D eigenvalue weighted by molar-refractivity contribution is 7.89. The number of rotatable bonds is 6. The fourth-order valence-electron chi connectivity index (χ4n) is 4.67. The Morgan fingerprint density at radius 2 is 1.77 bits per heavy atom. The summed E-state index contributed by atoms with van der Waals surface area (Å²) in [6.45, 7) is 6.52. The molecule has 8 nitrogen and oxygen atoms in total. The van der Waals surface area contributed by atoms with Crippen LogP contribution in [-0.4, -0.2) is 101 Å². The highest BCUT2D eigenvalue weighted by atomic mass is 32.2. The van der Waals surface area contributed by atoms with Crippen molar-refractivity contribution in [1.82, 2.24) is 14.1 Å². The molecule has 0 bridgehead atoms. The van der Waals surface area contributed by atoms with Crippen LogP contribution >= 0.6 is 0 Å². The normalized spacial score (nSPS) is 23.1. The van der Waals surface area contributed by atoms with Gasteiger partial charge >= 0.3 is 0 Å². The van der Waals surface area contributed by atoms with Gasteiger partial charge in [-0.1, -0.05) is 0 Å². The van der Waals surface area contributed by atoms with Gasteiger partial charge in [0.25, 0.3) is 5.91 Å². The summed E-state index contributed by atoms with van der Waals surface area (Å²) in [5.74, 6) is -0.0746. The van der Waals surface area contributed by atoms with Crippen molar-refractivity contribution in [2.75, 3.05) is 71.4 Å². The lowest BCUT2D eigenvalue weighted by molar-refractivity contribution is 0.0433. The smallest absolute Gasteiger partial charge is 0.256 e. The van der Waals surface area contributed by atoms with E-state index in [9.17, 15) is 13.2 Å². The molecule has 0 N–H and O–H groups in total. The minimum Gasteiger partial charge on any atom is -0.377 e. The first-order chi connectivity index (χ1) is 14.9. The van der Waals surface area contributed by atoms with Crippen molar-refractivity contribution < 1.29 is 17.9 Å². The van der Waals surface area contributed by atoms with Gasteiger partial charge in [0.05, 0.1) is 16.6 Å². The molecule has 9 heteroatoms. The number of hydrogen-bond donors (Lipinski definition) is 0. The average molecular weight is 451 g/mol. The predicted octanol–water partition coefficient (Wildman–Crippen LogP) is 1.47. The van der Waals surface area contributed by atoms with Crippen LogP contribution in [0.25, 0.3) is 0 Å². The lowest BCUT2D eigenvalue weighted by Gasteiger charge is -2.36. The Hall–Kier alpha value is -1.68. The molecule has 3 heterocycles. The van der Waals surface area contributed by atoms with E-state index in [4.69, 9.17) is 4.74 Å². The standard InChI is InChI=1S/C22H34N4O4S/c1-23(2)31(28,29)19-7-8-21(25-9-3-4-10-25)20(16-19)22(27)26-13-11-24(12-14-26)17-18-6-5-15-30-18/h7-8,16,18H,3-6,9-15,17H2,1-2H3. The second-order valence-corrected chi connectivity index (χ2v) is 11.0. The van der Waals surface area contributed by atoms with Crippen LogP contribution in [0, 0.1) is 0 Å². The molecule has 4 rings (SSSR count). The number of piperazine rings is 1. The van der Waals surface area contributed by atoms with Crippen LogP contribution in [0.4, 0.5) is 5.69 Å². The molecular formula is C22H34N4O4S. The van der Waals surface area contributed by atoms with E-state index in [0.29, 0.717) is 24.8 Å². The van der Waals surface area contributed by atoms with Crippen LogP contribution in [-0.2, 0) is 14.8 Å². The van der Waals surface area contributed by atoms with E-state index in [-0.39, 0.29) is 10.8 Å². The van der Waals surface area contributed by atoms with Gasteiger partial charge in [0.2, 0.25) is 10.0 Å². The zero-order chi connectivity index (χ0) is 22.0. The largest absolute Gasteiger partial charge is 0.377 e. The summed E-state index contributed by atoms with van der Waals surface area (Å²) < 4.78 is 32.3. The number of hydrogen-bond acceptors (Lipinski definition) is 6. The third-order valence-electron chi connectivity index (χ3n) is 6.57. The van der Waals surface area contributed by atoms with Gasteiger partial charge in [-0.2, -0.15) is 0 Å². The van der Waals surface area contributed by atoms with Crippen LogP contribution in [0.15, 0.2) is 23.1 Å². The molecule has 0 aromatic heterocycles. The van der Waals surface area contributed by atoms with Crippen LogP contribution < -0.4 is 4.90 Å². The molecular weight excluding hydrogens is 416 g/mol. The van der Waals surface area contributed by atoms with E-state index >= 15 is 0 Å². The summed E-state index contributed by atoms with van der Waals surface area (Å²) in [6.07, 6.45) is 4.75. The summed E-state index contributed by atoms with van der Waals surface area (Å²) >= 11 is 0. The average Bonchev–Trinajstić information content (AvgIpc) is 3.47. The molecule has 0 radical (unpaired) electrons. The highest BCUT2D eigenvalue weighted by Gasteiger charge is 2.29. The quantitative estimate of drug-likeness (QED) is 0.654. The van der Waals surface area contributed by atoms with Crippen LogP contribution in [0.3, 0.4) is 0 Å². The third-order valence-corrected chi connectivity index (χ3v) is 8.38.